The van der Waals surface area contributed by atoms with Crippen molar-refractivity contribution in [2.24, 2.45) is 0 Å². The maximum atomic E-state index is 13.3. The Labute approximate surface area is 191 Å². The minimum absolute atomic E-state index is 0.00549. The number of hydrogen-bond donors (Lipinski definition) is 1. The fraction of sp³-hybridized carbons (Fsp3) is 0.0870. The molecule has 0 unspecified atom stereocenters. The Balaban J connectivity index is 1.75. The predicted molar refractivity (Wildman–Crippen MR) is 123 cm³/mol. The average molecular weight is 472 g/mol. The van der Waals surface area contributed by atoms with Gasteiger partial charge in [-0.2, -0.15) is 0 Å². The van der Waals surface area contributed by atoms with E-state index in [-0.39, 0.29) is 23.8 Å². The van der Waals surface area contributed by atoms with Gasteiger partial charge in [0.2, 0.25) is 5.91 Å². The number of para-hydroxylation sites is 1. The number of nitrogens with zero attached hydrogens (tertiary/aromatic N) is 2. The lowest BCUT2D eigenvalue weighted by Gasteiger charge is -2.15. The molecule has 32 heavy (non-hydrogen) atoms. The smallest absolute Gasteiger partial charge is 0.323 e. The first-order chi connectivity index (χ1) is 15.3. The molecule has 0 fully saturated rings. The molecule has 0 aliphatic rings. The Kier molecular flexibility index (Phi) is 6.12. The van der Waals surface area contributed by atoms with Gasteiger partial charge < -0.3 is 5.32 Å². The van der Waals surface area contributed by atoms with Gasteiger partial charge in [-0.15, -0.1) is 0 Å². The van der Waals surface area contributed by atoms with Gasteiger partial charge in [0.1, 0.15) is 12.4 Å². The normalized spacial score (nSPS) is 11.0. The number of carbonyl (C=O) groups is 1. The number of nitrogens with one attached hydrogen (secondary N) is 1. The van der Waals surface area contributed by atoms with Crippen LogP contribution in [0.3, 0.4) is 0 Å². The lowest BCUT2D eigenvalue weighted by Crippen LogP contribution is -2.42. The summed E-state index contributed by atoms with van der Waals surface area (Å²) in [4.78, 5) is 38.9. The molecular weight excluding hydrogens is 456 g/mol. The van der Waals surface area contributed by atoms with Crippen LogP contribution in [0.15, 0.2) is 76.3 Å². The lowest BCUT2D eigenvalue weighted by atomic mass is 10.2. The minimum Gasteiger partial charge on any atom is -0.323 e. The summed E-state index contributed by atoms with van der Waals surface area (Å²) in [5.41, 5.74) is 0.0896. The van der Waals surface area contributed by atoms with Crippen molar-refractivity contribution in [1.82, 2.24) is 9.13 Å². The van der Waals surface area contributed by atoms with Crippen molar-refractivity contribution in [3.05, 3.63) is 109 Å². The second kappa shape index (κ2) is 8.98. The van der Waals surface area contributed by atoms with Gasteiger partial charge in [0, 0.05) is 5.02 Å². The molecule has 1 amide bonds. The summed E-state index contributed by atoms with van der Waals surface area (Å²) in [7, 11) is 0. The maximum Gasteiger partial charge on any atom is 0.332 e. The van der Waals surface area contributed by atoms with Crippen molar-refractivity contribution in [2.45, 2.75) is 13.1 Å². The van der Waals surface area contributed by atoms with Crippen LogP contribution in [0.4, 0.5) is 10.1 Å². The van der Waals surface area contributed by atoms with Crippen molar-refractivity contribution < 1.29 is 9.18 Å². The van der Waals surface area contributed by atoms with Crippen molar-refractivity contribution in [2.75, 3.05) is 5.32 Å². The van der Waals surface area contributed by atoms with E-state index in [1.165, 1.54) is 10.6 Å². The highest BCUT2D eigenvalue weighted by molar-refractivity contribution is 6.33. The maximum absolute atomic E-state index is 13.3. The third-order valence-electron chi connectivity index (χ3n) is 4.87. The van der Waals surface area contributed by atoms with Crippen LogP contribution in [0.25, 0.3) is 10.9 Å². The van der Waals surface area contributed by atoms with Crippen LogP contribution in [0.1, 0.15) is 5.56 Å². The number of anilines is 1. The molecule has 0 atom stereocenters. The Morgan fingerprint density at radius 3 is 2.47 bits per heavy atom. The molecule has 6 nitrogen and oxygen atoms in total. The standard InChI is InChI=1S/C23H16Cl2FN3O3/c24-15-5-3-4-14(10-15)12-29-22(31)17-6-1-2-7-20(17)28(23(29)32)13-21(30)27-19-9-8-16(26)11-18(19)25/h1-11H,12-13H2,(H,27,30). The van der Waals surface area contributed by atoms with Gasteiger partial charge in [0.15, 0.2) is 0 Å². The zero-order chi connectivity index (χ0) is 22.8. The van der Waals surface area contributed by atoms with E-state index in [2.05, 4.69) is 5.32 Å². The van der Waals surface area contributed by atoms with Crippen molar-refractivity contribution in [1.29, 1.82) is 0 Å². The molecule has 0 aliphatic carbocycles. The molecule has 0 saturated carbocycles. The average Bonchev–Trinajstić information content (AvgIpc) is 2.76. The molecule has 3 aromatic carbocycles. The number of halogens is 3. The summed E-state index contributed by atoms with van der Waals surface area (Å²) in [5, 5.41) is 3.37. The molecule has 1 heterocycles. The molecular formula is C23H16Cl2FN3O3. The summed E-state index contributed by atoms with van der Waals surface area (Å²) >= 11 is 12.0. The molecule has 1 N–H and O–H groups in total. The topological polar surface area (TPSA) is 73.1 Å². The van der Waals surface area contributed by atoms with E-state index in [4.69, 9.17) is 23.2 Å². The highest BCUT2D eigenvalue weighted by atomic mass is 35.5. The van der Waals surface area contributed by atoms with Crippen LogP contribution in [-0.4, -0.2) is 15.0 Å². The first-order valence-electron chi connectivity index (χ1n) is 9.55. The van der Waals surface area contributed by atoms with Crippen LogP contribution in [0.5, 0.6) is 0 Å². The number of rotatable bonds is 5. The second-order valence-electron chi connectivity index (χ2n) is 7.08. The van der Waals surface area contributed by atoms with Gasteiger partial charge in [-0.1, -0.05) is 47.5 Å². The first-order valence-corrected chi connectivity index (χ1v) is 10.3. The molecule has 9 heteroatoms. The molecule has 1 aromatic heterocycles. The molecule has 4 aromatic rings. The van der Waals surface area contributed by atoms with E-state index in [1.807, 2.05) is 0 Å². The van der Waals surface area contributed by atoms with Crippen molar-refractivity contribution in [3.8, 4) is 0 Å². The van der Waals surface area contributed by atoms with Gasteiger partial charge in [-0.3, -0.25) is 18.7 Å². The SMILES string of the molecule is O=C(Cn1c(=O)n(Cc2cccc(Cl)c2)c(=O)c2ccccc21)Nc1ccc(F)cc1Cl. The van der Waals surface area contributed by atoms with Crippen LogP contribution < -0.4 is 16.6 Å². The Hall–Kier alpha value is -3.42. The number of carbonyl (C=O) groups excluding carboxylic acids is 1. The molecule has 0 spiro atoms. The van der Waals surface area contributed by atoms with Crippen LogP contribution in [-0.2, 0) is 17.9 Å². The summed E-state index contributed by atoms with van der Waals surface area (Å²) in [5.74, 6) is -1.10. The first kappa shape index (κ1) is 21.8. The molecule has 0 radical (unpaired) electrons. The summed E-state index contributed by atoms with van der Waals surface area (Å²) in [6, 6.07) is 16.9. The third-order valence-corrected chi connectivity index (χ3v) is 5.42. The molecule has 0 saturated heterocycles. The van der Waals surface area contributed by atoms with Gasteiger partial charge >= 0.3 is 5.69 Å². The van der Waals surface area contributed by atoms with Crippen molar-refractivity contribution in [3.63, 3.8) is 0 Å². The van der Waals surface area contributed by atoms with Gasteiger partial charge in [0.25, 0.3) is 5.56 Å². The van der Waals surface area contributed by atoms with E-state index in [0.717, 1.165) is 16.7 Å². The van der Waals surface area contributed by atoms with E-state index >= 15 is 0 Å². The molecule has 0 aliphatic heterocycles. The van der Waals surface area contributed by atoms with Crippen LogP contribution in [0.2, 0.25) is 10.0 Å². The number of fused-ring (bicyclic) bond motifs is 1. The number of amides is 1. The molecule has 4 rings (SSSR count). The zero-order valence-corrected chi connectivity index (χ0v) is 18.0. The van der Waals surface area contributed by atoms with Crippen molar-refractivity contribution >= 4 is 45.7 Å². The van der Waals surface area contributed by atoms with E-state index in [1.54, 1.807) is 48.5 Å². The molecule has 162 valence electrons. The van der Waals surface area contributed by atoms with Crippen LogP contribution in [0, 0.1) is 5.82 Å². The fourth-order valence-corrected chi connectivity index (χ4v) is 3.83. The zero-order valence-electron chi connectivity index (χ0n) is 16.5. The summed E-state index contributed by atoms with van der Waals surface area (Å²) in [6.07, 6.45) is 0. The largest absolute Gasteiger partial charge is 0.332 e. The number of aromatic nitrogens is 2. The second-order valence-corrected chi connectivity index (χ2v) is 7.92. The number of hydrogen-bond acceptors (Lipinski definition) is 3. The predicted octanol–water partition coefficient (Wildman–Crippen LogP) is 4.30. The van der Waals surface area contributed by atoms with Gasteiger partial charge in [0.05, 0.1) is 28.2 Å². The van der Waals surface area contributed by atoms with Gasteiger partial charge in [-0.25, -0.2) is 9.18 Å². The van der Waals surface area contributed by atoms with Gasteiger partial charge in [-0.05, 0) is 48.0 Å². The fourth-order valence-electron chi connectivity index (χ4n) is 3.41. The van der Waals surface area contributed by atoms with E-state index in [9.17, 15) is 18.8 Å². The lowest BCUT2D eigenvalue weighted by molar-refractivity contribution is -0.116. The Bertz CT molecular complexity index is 1460. The van der Waals surface area contributed by atoms with Crippen LogP contribution >= 0.6 is 23.2 Å². The van der Waals surface area contributed by atoms with E-state index < -0.39 is 23.0 Å². The minimum atomic E-state index is -0.644. The van der Waals surface area contributed by atoms with E-state index in [0.29, 0.717) is 21.5 Å². The third kappa shape index (κ3) is 4.44. The monoisotopic (exact) mass is 471 g/mol. The Morgan fingerprint density at radius 2 is 1.72 bits per heavy atom. The summed E-state index contributed by atoms with van der Waals surface area (Å²) < 4.78 is 15.5. The highest BCUT2D eigenvalue weighted by Gasteiger charge is 2.16. The highest BCUT2D eigenvalue weighted by Crippen LogP contribution is 2.22. The molecule has 0 bridgehead atoms. The summed E-state index contributed by atoms with van der Waals surface area (Å²) in [6.45, 7) is -0.378. The quantitative estimate of drug-likeness (QED) is 0.471. The Morgan fingerprint density at radius 1 is 0.938 bits per heavy atom. The number of benzene rings is 3.